The van der Waals surface area contributed by atoms with Gasteiger partial charge in [-0.15, -0.1) is 0 Å². The second-order valence-corrected chi connectivity index (χ2v) is 4.28. The van der Waals surface area contributed by atoms with Crippen LogP contribution in [0.4, 0.5) is 8.78 Å². The van der Waals surface area contributed by atoms with Gasteiger partial charge in [0, 0.05) is 18.5 Å². The number of nitrogens with one attached hydrogen (secondary N) is 1. The second kappa shape index (κ2) is 8.08. The number of amides is 1. The molecule has 0 aliphatic heterocycles. The highest BCUT2D eigenvalue weighted by Gasteiger charge is 2.12. The van der Waals surface area contributed by atoms with Crippen LogP contribution in [0.1, 0.15) is 24.8 Å². The van der Waals surface area contributed by atoms with Crippen LogP contribution >= 0.6 is 0 Å². The van der Waals surface area contributed by atoms with Crippen molar-refractivity contribution in [1.29, 1.82) is 0 Å². The van der Waals surface area contributed by atoms with E-state index in [4.69, 9.17) is 10.9 Å². The fourth-order valence-electron chi connectivity index (χ4n) is 1.63. The molecule has 0 saturated heterocycles. The Labute approximate surface area is 115 Å². The number of halogens is 2. The smallest absolute Gasteiger partial charge is 0.224 e. The van der Waals surface area contributed by atoms with Crippen LogP contribution in [0.2, 0.25) is 0 Å². The lowest BCUT2D eigenvalue weighted by Gasteiger charge is -2.06. The van der Waals surface area contributed by atoms with E-state index in [1.54, 1.807) is 0 Å². The van der Waals surface area contributed by atoms with Gasteiger partial charge >= 0.3 is 0 Å². The lowest BCUT2D eigenvalue weighted by atomic mass is 10.1. The number of unbranched alkanes of at least 4 members (excludes halogenated alkanes) is 1. The molecule has 0 aromatic heterocycles. The largest absolute Gasteiger partial charge is 0.409 e. The van der Waals surface area contributed by atoms with Gasteiger partial charge in [0.2, 0.25) is 5.91 Å². The fourth-order valence-corrected chi connectivity index (χ4v) is 1.63. The van der Waals surface area contributed by atoms with Crippen LogP contribution in [0.3, 0.4) is 0 Å². The second-order valence-electron chi connectivity index (χ2n) is 4.28. The molecule has 0 fully saturated rings. The molecular weight excluding hydrogens is 268 g/mol. The number of amidine groups is 1. The minimum Gasteiger partial charge on any atom is -0.409 e. The van der Waals surface area contributed by atoms with Crippen LogP contribution < -0.4 is 11.1 Å². The van der Waals surface area contributed by atoms with Crippen LogP contribution in [0.25, 0.3) is 0 Å². The summed E-state index contributed by atoms with van der Waals surface area (Å²) in [7, 11) is 0. The molecule has 0 radical (unpaired) electrons. The molecule has 0 bridgehead atoms. The van der Waals surface area contributed by atoms with Crippen molar-refractivity contribution in [2.75, 3.05) is 6.54 Å². The Morgan fingerprint density at radius 1 is 1.30 bits per heavy atom. The van der Waals surface area contributed by atoms with E-state index in [0.29, 0.717) is 25.8 Å². The molecule has 0 saturated carbocycles. The van der Waals surface area contributed by atoms with Gasteiger partial charge in [-0.05, 0) is 25.0 Å². The molecule has 0 aliphatic rings. The van der Waals surface area contributed by atoms with Gasteiger partial charge in [-0.1, -0.05) is 11.2 Å². The van der Waals surface area contributed by atoms with Crippen LogP contribution in [-0.4, -0.2) is 23.5 Å². The van der Waals surface area contributed by atoms with E-state index < -0.39 is 17.5 Å². The molecular formula is C13H17F2N3O2. The average Bonchev–Trinajstić information content (AvgIpc) is 2.42. The first-order valence-corrected chi connectivity index (χ1v) is 6.20. The topological polar surface area (TPSA) is 87.7 Å². The monoisotopic (exact) mass is 285 g/mol. The summed E-state index contributed by atoms with van der Waals surface area (Å²) in [6.07, 6.45) is 1.36. The van der Waals surface area contributed by atoms with Gasteiger partial charge in [-0.2, -0.15) is 0 Å². The molecule has 0 aliphatic carbocycles. The molecule has 0 spiro atoms. The number of nitrogens with zero attached hydrogens (tertiary/aromatic N) is 1. The van der Waals surface area contributed by atoms with Crippen molar-refractivity contribution in [3.05, 3.63) is 35.4 Å². The Morgan fingerprint density at radius 2 is 1.95 bits per heavy atom. The molecule has 0 heterocycles. The van der Waals surface area contributed by atoms with Crippen molar-refractivity contribution in [3.63, 3.8) is 0 Å². The van der Waals surface area contributed by atoms with E-state index in [-0.39, 0.29) is 17.8 Å². The highest BCUT2D eigenvalue weighted by atomic mass is 19.1. The Morgan fingerprint density at radius 3 is 2.55 bits per heavy atom. The van der Waals surface area contributed by atoms with E-state index >= 15 is 0 Å². The van der Waals surface area contributed by atoms with Gasteiger partial charge in [-0.25, -0.2) is 8.78 Å². The van der Waals surface area contributed by atoms with E-state index in [2.05, 4.69) is 10.5 Å². The molecule has 0 atom stereocenters. The summed E-state index contributed by atoms with van der Waals surface area (Å²) in [6, 6.07) is 3.48. The summed E-state index contributed by atoms with van der Waals surface area (Å²) >= 11 is 0. The molecule has 1 aromatic rings. The summed E-state index contributed by atoms with van der Waals surface area (Å²) in [5.74, 6) is -1.78. The highest BCUT2D eigenvalue weighted by Crippen LogP contribution is 2.12. The Bertz CT molecular complexity index is 472. The lowest BCUT2D eigenvalue weighted by Crippen LogP contribution is -2.27. The van der Waals surface area contributed by atoms with E-state index in [0.717, 1.165) is 12.1 Å². The number of nitrogens with two attached hydrogens (primary N) is 1. The van der Waals surface area contributed by atoms with Gasteiger partial charge in [0.15, 0.2) is 0 Å². The number of hydrogen-bond acceptors (Lipinski definition) is 3. The van der Waals surface area contributed by atoms with E-state index in [1.807, 2.05) is 0 Å². The zero-order valence-electron chi connectivity index (χ0n) is 10.9. The summed E-state index contributed by atoms with van der Waals surface area (Å²) in [6.45, 7) is 0.369. The van der Waals surface area contributed by atoms with Gasteiger partial charge in [0.05, 0.1) is 6.42 Å². The first kappa shape index (κ1) is 15.9. The summed E-state index contributed by atoms with van der Waals surface area (Å²) < 4.78 is 26.6. The quantitative estimate of drug-likeness (QED) is 0.233. The lowest BCUT2D eigenvalue weighted by molar-refractivity contribution is -0.120. The molecule has 5 nitrogen and oxygen atoms in total. The van der Waals surface area contributed by atoms with Gasteiger partial charge in [-0.3, -0.25) is 4.79 Å². The number of carbonyl (C=O) groups is 1. The molecule has 4 N–H and O–H groups in total. The SMILES string of the molecule is N/C(CCCCNC(=O)Cc1c(F)cccc1F)=N/O. The Hall–Kier alpha value is -2.18. The van der Waals surface area contributed by atoms with Crippen molar-refractivity contribution in [2.24, 2.45) is 10.9 Å². The predicted molar refractivity (Wildman–Crippen MR) is 70.3 cm³/mol. The summed E-state index contributed by atoms with van der Waals surface area (Å²) in [5.41, 5.74) is 5.05. The molecule has 20 heavy (non-hydrogen) atoms. The van der Waals surface area contributed by atoms with Gasteiger partial charge in [0.1, 0.15) is 17.5 Å². The minimum absolute atomic E-state index is 0.129. The zero-order valence-corrected chi connectivity index (χ0v) is 10.9. The Kier molecular flexibility index (Phi) is 6.42. The molecule has 0 unspecified atom stereocenters. The summed E-state index contributed by atoms with van der Waals surface area (Å²) in [4.78, 5) is 11.5. The number of benzene rings is 1. The number of carbonyl (C=O) groups excluding carboxylic acids is 1. The Balaban J connectivity index is 2.31. The molecule has 1 amide bonds. The van der Waals surface area contributed by atoms with E-state index in [9.17, 15) is 13.6 Å². The van der Waals surface area contributed by atoms with Crippen molar-refractivity contribution in [3.8, 4) is 0 Å². The normalized spacial score (nSPS) is 11.4. The van der Waals surface area contributed by atoms with E-state index in [1.165, 1.54) is 6.07 Å². The fraction of sp³-hybridized carbons (Fsp3) is 0.385. The molecule has 1 rings (SSSR count). The van der Waals surface area contributed by atoms with Crippen molar-refractivity contribution < 1.29 is 18.8 Å². The van der Waals surface area contributed by atoms with Crippen LogP contribution in [0, 0.1) is 11.6 Å². The third-order valence-electron chi connectivity index (χ3n) is 2.71. The zero-order chi connectivity index (χ0) is 15.0. The summed E-state index contributed by atoms with van der Waals surface area (Å²) in [5, 5.41) is 13.7. The first-order chi connectivity index (χ1) is 9.54. The minimum atomic E-state index is -0.730. The first-order valence-electron chi connectivity index (χ1n) is 6.20. The third-order valence-corrected chi connectivity index (χ3v) is 2.71. The predicted octanol–water partition coefficient (Wildman–Crippen LogP) is 1.54. The van der Waals surface area contributed by atoms with Gasteiger partial charge in [0.25, 0.3) is 0 Å². The van der Waals surface area contributed by atoms with Gasteiger partial charge < -0.3 is 16.3 Å². The standard InChI is InChI=1S/C13H17F2N3O2/c14-10-4-3-5-11(15)9(10)8-13(19)17-7-2-1-6-12(16)18-20/h3-5,20H,1-2,6-8H2,(H2,16,18)(H,17,19). The average molecular weight is 285 g/mol. The molecule has 1 aromatic carbocycles. The highest BCUT2D eigenvalue weighted by molar-refractivity contribution is 5.79. The number of oxime groups is 1. The maximum atomic E-state index is 13.3. The maximum absolute atomic E-state index is 13.3. The van der Waals surface area contributed by atoms with Crippen LogP contribution in [-0.2, 0) is 11.2 Å². The number of hydrogen-bond donors (Lipinski definition) is 3. The maximum Gasteiger partial charge on any atom is 0.224 e. The third kappa shape index (κ3) is 5.21. The van der Waals surface area contributed by atoms with Crippen molar-refractivity contribution in [2.45, 2.75) is 25.7 Å². The van der Waals surface area contributed by atoms with Crippen LogP contribution in [0.5, 0.6) is 0 Å². The van der Waals surface area contributed by atoms with Crippen LogP contribution in [0.15, 0.2) is 23.4 Å². The number of rotatable bonds is 7. The molecule has 7 heteroatoms. The van der Waals surface area contributed by atoms with Crippen molar-refractivity contribution >= 4 is 11.7 Å². The van der Waals surface area contributed by atoms with Crippen molar-refractivity contribution in [1.82, 2.24) is 5.32 Å². The molecule has 110 valence electrons.